The van der Waals surface area contributed by atoms with E-state index in [0.717, 1.165) is 4.90 Å². The molecule has 0 rings (SSSR count). The molecule has 7 heteroatoms. The topological polar surface area (TPSA) is 52.6 Å². The molecule has 0 aliphatic heterocycles. The normalized spacial score (nSPS) is 11.2. The van der Waals surface area contributed by atoms with Gasteiger partial charge in [-0.15, -0.1) is 0 Å². The molecule has 4 nitrogen and oxygen atoms in total. The lowest BCUT2D eigenvalue weighted by molar-refractivity contribution is -0.133. The molecular formula is C7H13F3N2O2. The van der Waals surface area contributed by atoms with Crippen LogP contribution in [0.25, 0.3) is 0 Å². The number of halogens is 3. The Kier molecular flexibility index (Phi) is 5.29. The van der Waals surface area contributed by atoms with E-state index < -0.39 is 25.2 Å². The highest BCUT2D eigenvalue weighted by molar-refractivity contribution is 5.73. The Morgan fingerprint density at radius 1 is 1.50 bits per heavy atom. The van der Waals surface area contributed by atoms with Gasteiger partial charge < -0.3 is 15.3 Å². The van der Waals surface area contributed by atoms with E-state index in [1.807, 2.05) is 0 Å². The van der Waals surface area contributed by atoms with E-state index in [0.29, 0.717) is 0 Å². The van der Waals surface area contributed by atoms with E-state index in [1.165, 1.54) is 7.05 Å². The van der Waals surface area contributed by atoms with Gasteiger partial charge in [0.25, 0.3) is 0 Å². The molecule has 2 N–H and O–H groups in total. The first-order valence-corrected chi connectivity index (χ1v) is 4.03. The fourth-order valence-corrected chi connectivity index (χ4v) is 0.698. The largest absolute Gasteiger partial charge is 0.395 e. The Hall–Kier alpha value is -0.980. The number of carbonyl (C=O) groups excluding carboxylic acids is 1. The van der Waals surface area contributed by atoms with Crippen molar-refractivity contribution < 1.29 is 23.1 Å². The van der Waals surface area contributed by atoms with Crippen LogP contribution in [0.4, 0.5) is 18.0 Å². The van der Waals surface area contributed by atoms with Crippen LogP contribution in [0.15, 0.2) is 0 Å². The molecule has 84 valence electrons. The summed E-state index contributed by atoms with van der Waals surface area (Å²) in [6.07, 6.45) is -5.31. The van der Waals surface area contributed by atoms with Gasteiger partial charge in [0, 0.05) is 20.1 Å². The number of alkyl halides is 3. The maximum Gasteiger partial charge on any atom is 0.390 e. The number of hydrogen-bond donors (Lipinski definition) is 2. The molecule has 2 amide bonds. The highest BCUT2D eigenvalue weighted by atomic mass is 19.4. The second kappa shape index (κ2) is 5.69. The quantitative estimate of drug-likeness (QED) is 0.719. The van der Waals surface area contributed by atoms with Crippen LogP contribution in [0.3, 0.4) is 0 Å². The Balaban J connectivity index is 3.64. The van der Waals surface area contributed by atoms with Crippen LogP contribution in [0.5, 0.6) is 0 Å². The van der Waals surface area contributed by atoms with Crippen LogP contribution < -0.4 is 5.32 Å². The number of aliphatic hydroxyl groups excluding tert-OH is 1. The molecule has 0 aliphatic rings. The molecule has 0 heterocycles. The van der Waals surface area contributed by atoms with Gasteiger partial charge in [-0.3, -0.25) is 0 Å². The summed E-state index contributed by atoms with van der Waals surface area (Å²) < 4.78 is 35.0. The smallest absolute Gasteiger partial charge is 0.390 e. The summed E-state index contributed by atoms with van der Waals surface area (Å²) in [6, 6.07) is -0.622. The van der Waals surface area contributed by atoms with Gasteiger partial charge in [0.15, 0.2) is 0 Å². The van der Waals surface area contributed by atoms with E-state index in [9.17, 15) is 18.0 Å². The fourth-order valence-electron chi connectivity index (χ4n) is 0.698. The first kappa shape index (κ1) is 13.0. The molecule has 0 aromatic heterocycles. The third kappa shape index (κ3) is 6.53. The number of nitrogens with one attached hydrogen (secondary N) is 1. The first-order chi connectivity index (χ1) is 6.37. The van der Waals surface area contributed by atoms with Crippen LogP contribution in [0, 0.1) is 0 Å². The summed E-state index contributed by atoms with van der Waals surface area (Å²) in [4.78, 5) is 12.1. The molecule has 0 fully saturated rings. The maximum absolute atomic E-state index is 11.7. The van der Waals surface area contributed by atoms with E-state index in [4.69, 9.17) is 5.11 Å². The molecule has 0 aliphatic carbocycles. The van der Waals surface area contributed by atoms with E-state index >= 15 is 0 Å². The average Bonchev–Trinajstić information content (AvgIpc) is 2.02. The van der Waals surface area contributed by atoms with Crippen LogP contribution in [0.2, 0.25) is 0 Å². The number of carbonyl (C=O) groups is 1. The molecule has 0 aromatic rings. The molecular weight excluding hydrogens is 201 g/mol. The van der Waals surface area contributed by atoms with E-state index in [2.05, 4.69) is 5.32 Å². The van der Waals surface area contributed by atoms with Crippen LogP contribution in [0.1, 0.15) is 6.42 Å². The highest BCUT2D eigenvalue weighted by Crippen LogP contribution is 2.18. The van der Waals surface area contributed by atoms with Crippen molar-refractivity contribution in [3.05, 3.63) is 0 Å². The van der Waals surface area contributed by atoms with Gasteiger partial charge in [-0.25, -0.2) is 4.79 Å². The fraction of sp³-hybridized carbons (Fsp3) is 0.857. The van der Waals surface area contributed by atoms with Crippen molar-refractivity contribution in [1.29, 1.82) is 0 Å². The van der Waals surface area contributed by atoms with Crippen molar-refractivity contribution in [1.82, 2.24) is 10.2 Å². The lowest BCUT2D eigenvalue weighted by atomic mass is 10.4. The van der Waals surface area contributed by atoms with Crippen molar-refractivity contribution in [2.75, 3.05) is 26.7 Å². The lowest BCUT2D eigenvalue weighted by Crippen LogP contribution is -2.40. The van der Waals surface area contributed by atoms with E-state index in [1.54, 1.807) is 0 Å². The van der Waals surface area contributed by atoms with Gasteiger partial charge in [-0.05, 0) is 0 Å². The zero-order chi connectivity index (χ0) is 11.2. The van der Waals surface area contributed by atoms with Crippen LogP contribution >= 0.6 is 0 Å². The minimum absolute atomic E-state index is 0.0951. The van der Waals surface area contributed by atoms with Crippen molar-refractivity contribution >= 4 is 6.03 Å². The second-order valence-electron chi connectivity index (χ2n) is 2.74. The summed E-state index contributed by atoms with van der Waals surface area (Å²) in [7, 11) is 1.39. The zero-order valence-electron chi connectivity index (χ0n) is 7.76. The summed E-state index contributed by atoms with van der Waals surface area (Å²) in [5.74, 6) is 0. The summed E-state index contributed by atoms with van der Waals surface area (Å²) in [6.45, 7) is -0.570. The molecule has 0 unspecified atom stereocenters. The number of aliphatic hydroxyl groups is 1. The molecule has 14 heavy (non-hydrogen) atoms. The van der Waals surface area contributed by atoms with Gasteiger partial charge >= 0.3 is 12.2 Å². The molecule has 0 radical (unpaired) electrons. The first-order valence-electron chi connectivity index (χ1n) is 4.03. The van der Waals surface area contributed by atoms with Crippen LogP contribution in [-0.4, -0.2) is 49.0 Å². The Morgan fingerprint density at radius 3 is 2.50 bits per heavy atom. The Labute approximate surface area is 79.7 Å². The molecule has 0 spiro atoms. The molecule has 0 aromatic carbocycles. The lowest BCUT2D eigenvalue weighted by Gasteiger charge is -2.16. The number of urea groups is 1. The molecule has 0 atom stereocenters. The van der Waals surface area contributed by atoms with Crippen molar-refractivity contribution in [3.63, 3.8) is 0 Å². The number of rotatable bonds is 4. The number of amides is 2. The average molecular weight is 214 g/mol. The minimum Gasteiger partial charge on any atom is -0.395 e. The third-order valence-electron chi connectivity index (χ3n) is 1.47. The van der Waals surface area contributed by atoms with Crippen molar-refractivity contribution in [3.8, 4) is 0 Å². The SMILES string of the molecule is CN(CCO)C(=O)NCCC(F)(F)F. The minimum atomic E-state index is -4.26. The molecule has 0 saturated heterocycles. The van der Waals surface area contributed by atoms with Gasteiger partial charge in [-0.1, -0.05) is 0 Å². The summed E-state index contributed by atoms with van der Waals surface area (Å²) in [5, 5.41) is 10.5. The van der Waals surface area contributed by atoms with Crippen molar-refractivity contribution in [2.24, 2.45) is 0 Å². The van der Waals surface area contributed by atoms with Crippen molar-refractivity contribution in [2.45, 2.75) is 12.6 Å². The second-order valence-corrected chi connectivity index (χ2v) is 2.74. The Bertz CT molecular complexity index is 184. The van der Waals surface area contributed by atoms with Gasteiger partial charge in [0.2, 0.25) is 0 Å². The summed E-state index contributed by atoms with van der Waals surface area (Å²) >= 11 is 0. The molecule has 0 bridgehead atoms. The molecule has 0 saturated carbocycles. The Morgan fingerprint density at radius 2 is 2.07 bits per heavy atom. The number of hydrogen-bond acceptors (Lipinski definition) is 2. The standard InChI is InChI=1S/C7H13F3N2O2/c1-12(4-5-13)6(14)11-3-2-7(8,9)10/h13H,2-5H2,1H3,(H,11,14). The van der Waals surface area contributed by atoms with E-state index in [-0.39, 0.29) is 13.2 Å². The highest BCUT2D eigenvalue weighted by Gasteiger charge is 2.26. The number of likely N-dealkylation sites (N-methyl/N-ethyl adjacent to an activating group) is 1. The third-order valence-corrected chi connectivity index (χ3v) is 1.47. The zero-order valence-corrected chi connectivity index (χ0v) is 7.76. The predicted octanol–water partition coefficient (Wildman–Crippen LogP) is 0.572. The maximum atomic E-state index is 11.7. The van der Waals surface area contributed by atoms with Gasteiger partial charge in [0.1, 0.15) is 0 Å². The van der Waals surface area contributed by atoms with Gasteiger partial charge in [-0.2, -0.15) is 13.2 Å². The summed E-state index contributed by atoms with van der Waals surface area (Å²) in [5.41, 5.74) is 0. The predicted molar refractivity (Wildman–Crippen MR) is 43.8 cm³/mol. The van der Waals surface area contributed by atoms with Crippen LogP contribution in [-0.2, 0) is 0 Å². The number of nitrogens with zero attached hydrogens (tertiary/aromatic N) is 1. The van der Waals surface area contributed by atoms with Gasteiger partial charge in [0.05, 0.1) is 13.0 Å². The monoisotopic (exact) mass is 214 g/mol.